The van der Waals surface area contributed by atoms with Gasteiger partial charge in [0.25, 0.3) is 0 Å². The summed E-state index contributed by atoms with van der Waals surface area (Å²) in [4.78, 5) is 2.31. The van der Waals surface area contributed by atoms with Crippen LogP contribution in [0, 0.1) is 20.8 Å². The van der Waals surface area contributed by atoms with Gasteiger partial charge in [-0.1, -0.05) is 12.1 Å². The average Bonchev–Trinajstić information content (AvgIpc) is 2.47. The minimum atomic E-state index is -0.632. The molecule has 1 aromatic carbocycles. The summed E-state index contributed by atoms with van der Waals surface area (Å²) in [6, 6.07) is 4.40. The second-order valence-electron chi connectivity index (χ2n) is 5.94. The fourth-order valence-corrected chi connectivity index (χ4v) is 2.99. The van der Waals surface area contributed by atoms with Crippen LogP contribution in [0.15, 0.2) is 12.1 Å². The third-order valence-corrected chi connectivity index (χ3v) is 4.38. The summed E-state index contributed by atoms with van der Waals surface area (Å²) in [5.41, 5.74) is 4.33. The van der Waals surface area contributed by atoms with Crippen LogP contribution in [-0.4, -0.2) is 30.1 Å². The van der Waals surface area contributed by atoms with Gasteiger partial charge in [-0.2, -0.15) is 0 Å². The van der Waals surface area contributed by atoms with E-state index in [0.717, 1.165) is 37.9 Å². The molecule has 2 heteroatoms. The van der Waals surface area contributed by atoms with E-state index in [4.69, 9.17) is 0 Å². The Morgan fingerprint density at radius 3 is 2.39 bits per heavy atom. The van der Waals surface area contributed by atoms with Crippen LogP contribution in [0.5, 0.6) is 0 Å². The van der Waals surface area contributed by atoms with Gasteiger partial charge in [0.2, 0.25) is 0 Å². The number of rotatable bonds is 1. The standard InChI is InChI=1S/C16H25NO/c1-12-10-14(3)15(11-13(12)2)16(18)6-5-8-17(4)9-7-16/h10-11,18H,5-9H2,1-4H3. The molecule has 1 atom stereocenters. The van der Waals surface area contributed by atoms with Crippen molar-refractivity contribution in [2.45, 2.75) is 45.6 Å². The van der Waals surface area contributed by atoms with Crippen molar-refractivity contribution in [1.29, 1.82) is 0 Å². The summed E-state index contributed by atoms with van der Waals surface area (Å²) < 4.78 is 0. The zero-order valence-electron chi connectivity index (χ0n) is 12.1. The van der Waals surface area contributed by atoms with E-state index in [0.29, 0.717) is 0 Å². The lowest BCUT2D eigenvalue weighted by Crippen LogP contribution is -2.28. The molecule has 1 unspecified atom stereocenters. The molecule has 1 aliphatic heterocycles. The molecule has 0 spiro atoms. The fraction of sp³-hybridized carbons (Fsp3) is 0.625. The molecule has 0 aromatic heterocycles. The van der Waals surface area contributed by atoms with Gasteiger partial charge in [0.15, 0.2) is 0 Å². The van der Waals surface area contributed by atoms with Gasteiger partial charge in [0.05, 0.1) is 5.60 Å². The van der Waals surface area contributed by atoms with E-state index >= 15 is 0 Å². The molecule has 18 heavy (non-hydrogen) atoms. The van der Waals surface area contributed by atoms with Crippen molar-refractivity contribution in [2.75, 3.05) is 20.1 Å². The number of aryl methyl sites for hydroxylation is 3. The molecule has 0 amide bonds. The number of nitrogens with zero attached hydrogens (tertiary/aromatic N) is 1. The molecule has 1 saturated heterocycles. The molecule has 1 heterocycles. The van der Waals surface area contributed by atoms with Crippen LogP contribution in [-0.2, 0) is 5.60 Å². The molecule has 2 rings (SSSR count). The summed E-state index contributed by atoms with van der Waals surface area (Å²) >= 11 is 0. The maximum atomic E-state index is 11.0. The Bertz CT molecular complexity index is 441. The van der Waals surface area contributed by atoms with Gasteiger partial charge in [-0.15, -0.1) is 0 Å². The minimum Gasteiger partial charge on any atom is -0.385 e. The molecular weight excluding hydrogens is 222 g/mol. The van der Waals surface area contributed by atoms with Crippen molar-refractivity contribution >= 4 is 0 Å². The highest BCUT2D eigenvalue weighted by Crippen LogP contribution is 2.35. The second kappa shape index (κ2) is 5.02. The lowest BCUT2D eigenvalue weighted by molar-refractivity contribution is 0.0212. The van der Waals surface area contributed by atoms with E-state index in [1.54, 1.807) is 0 Å². The largest absolute Gasteiger partial charge is 0.385 e. The molecule has 2 nitrogen and oxygen atoms in total. The highest BCUT2D eigenvalue weighted by atomic mass is 16.3. The Morgan fingerprint density at radius 1 is 1.00 bits per heavy atom. The van der Waals surface area contributed by atoms with Crippen LogP contribution < -0.4 is 0 Å². The molecule has 0 aliphatic carbocycles. The van der Waals surface area contributed by atoms with Gasteiger partial charge in [-0.3, -0.25) is 0 Å². The molecule has 1 fully saturated rings. The predicted molar refractivity (Wildman–Crippen MR) is 75.9 cm³/mol. The van der Waals surface area contributed by atoms with Crippen LogP contribution in [0.4, 0.5) is 0 Å². The topological polar surface area (TPSA) is 23.5 Å². The predicted octanol–water partition coefficient (Wildman–Crippen LogP) is 2.92. The maximum Gasteiger partial charge on any atom is 0.0911 e. The van der Waals surface area contributed by atoms with Crippen LogP contribution >= 0.6 is 0 Å². The Kier molecular flexibility index (Phi) is 3.79. The van der Waals surface area contributed by atoms with Crippen LogP contribution in [0.3, 0.4) is 0 Å². The molecular formula is C16H25NO. The van der Waals surface area contributed by atoms with Gasteiger partial charge in [0, 0.05) is 6.54 Å². The van der Waals surface area contributed by atoms with Gasteiger partial charge in [0.1, 0.15) is 0 Å². The summed E-state index contributed by atoms with van der Waals surface area (Å²) in [7, 11) is 2.14. The van der Waals surface area contributed by atoms with Crippen molar-refractivity contribution in [1.82, 2.24) is 4.90 Å². The quantitative estimate of drug-likeness (QED) is 0.825. The van der Waals surface area contributed by atoms with E-state index in [9.17, 15) is 5.11 Å². The third kappa shape index (κ3) is 2.60. The third-order valence-electron chi connectivity index (χ3n) is 4.38. The molecule has 1 aliphatic rings. The molecule has 1 aromatic rings. The molecule has 0 bridgehead atoms. The van der Waals surface area contributed by atoms with Crippen molar-refractivity contribution in [3.63, 3.8) is 0 Å². The van der Waals surface area contributed by atoms with E-state index < -0.39 is 5.60 Å². The molecule has 0 radical (unpaired) electrons. The van der Waals surface area contributed by atoms with Gasteiger partial charge >= 0.3 is 0 Å². The first-order chi connectivity index (χ1) is 8.42. The monoisotopic (exact) mass is 247 g/mol. The smallest absolute Gasteiger partial charge is 0.0911 e. The SMILES string of the molecule is Cc1cc(C)c(C2(O)CCCN(C)CC2)cc1C. The Morgan fingerprint density at radius 2 is 1.67 bits per heavy atom. The van der Waals surface area contributed by atoms with E-state index in [2.05, 4.69) is 44.9 Å². The number of likely N-dealkylation sites (tertiary alicyclic amines) is 1. The highest BCUT2D eigenvalue weighted by Gasteiger charge is 2.32. The summed E-state index contributed by atoms with van der Waals surface area (Å²) in [5, 5.41) is 11.0. The maximum absolute atomic E-state index is 11.0. The Hall–Kier alpha value is -0.860. The summed E-state index contributed by atoms with van der Waals surface area (Å²) in [6.07, 6.45) is 2.78. The first-order valence-corrected chi connectivity index (χ1v) is 6.92. The van der Waals surface area contributed by atoms with E-state index in [1.165, 1.54) is 16.7 Å². The molecule has 0 saturated carbocycles. The van der Waals surface area contributed by atoms with E-state index in [1.807, 2.05) is 0 Å². The highest BCUT2D eigenvalue weighted by molar-refractivity contribution is 5.39. The van der Waals surface area contributed by atoms with Gasteiger partial charge < -0.3 is 10.0 Å². The fourth-order valence-electron chi connectivity index (χ4n) is 2.99. The summed E-state index contributed by atoms with van der Waals surface area (Å²) in [5.74, 6) is 0. The lowest BCUT2D eigenvalue weighted by atomic mass is 9.82. The first kappa shape index (κ1) is 13.6. The van der Waals surface area contributed by atoms with Gasteiger partial charge in [-0.05, 0) is 75.9 Å². The Labute approximate surface area is 111 Å². The Balaban J connectivity index is 2.37. The normalized spacial score (nSPS) is 26.1. The second-order valence-corrected chi connectivity index (χ2v) is 5.94. The zero-order chi connectivity index (χ0) is 13.3. The van der Waals surface area contributed by atoms with Crippen LogP contribution in [0.25, 0.3) is 0 Å². The summed E-state index contributed by atoms with van der Waals surface area (Å²) in [6.45, 7) is 8.45. The lowest BCUT2D eigenvalue weighted by Gasteiger charge is -2.29. The van der Waals surface area contributed by atoms with Crippen LogP contribution in [0.2, 0.25) is 0 Å². The number of hydrogen-bond acceptors (Lipinski definition) is 2. The van der Waals surface area contributed by atoms with Crippen molar-refractivity contribution in [2.24, 2.45) is 0 Å². The molecule has 100 valence electrons. The minimum absolute atomic E-state index is 0.632. The number of hydrogen-bond donors (Lipinski definition) is 1. The van der Waals surface area contributed by atoms with Gasteiger partial charge in [-0.25, -0.2) is 0 Å². The first-order valence-electron chi connectivity index (χ1n) is 6.92. The number of aliphatic hydroxyl groups is 1. The average molecular weight is 247 g/mol. The number of benzene rings is 1. The van der Waals surface area contributed by atoms with Crippen molar-refractivity contribution in [3.8, 4) is 0 Å². The molecule has 1 N–H and O–H groups in total. The van der Waals surface area contributed by atoms with Crippen molar-refractivity contribution in [3.05, 3.63) is 34.4 Å². The zero-order valence-corrected chi connectivity index (χ0v) is 12.1. The van der Waals surface area contributed by atoms with Crippen molar-refractivity contribution < 1.29 is 5.11 Å². The van der Waals surface area contributed by atoms with E-state index in [-0.39, 0.29) is 0 Å². The van der Waals surface area contributed by atoms with Crippen LogP contribution in [0.1, 0.15) is 41.5 Å².